The molecular formula is C15H19N5O4S. The number of H-pyrrole nitrogens is 1. The van der Waals surface area contributed by atoms with Crippen molar-refractivity contribution in [1.29, 1.82) is 0 Å². The van der Waals surface area contributed by atoms with Crippen LogP contribution < -0.4 is 10.2 Å². The number of carbonyl (C=O) groups is 2. The number of imidazole rings is 1. The van der Waals surface area contributed by atoms with E-state index >= 15 is 0 Å². The van der Waals surface area contributed by atoms with Gasteiger partial charge in [0.05, 0.1) is 24.0 Å². The number of hydrogen-bond donors (Lipinski definition) is 3. The zero-order chi connectivity index (χ0) is 18.0. The zero-order valence-electron chi connectivity index (χ0n) is 13.9. The van der Waals surface area contributed by atoms with E-state index < -0.39 is 5.97 Å². The first kappa shape index (κ1) is 17.4. The quantitative estimate of drug-likeness (QED) is 0.720. The molecule has 134 valence electrons. The van der Waals surface area contributed by atoms with Crippen molar-refractivity contribution >= 4 is 28.3 Å². The number of hydrogen-bond acceptors (Lipinski definition) is 7. The van der Waals surface area contributed by atoms with Crippen molar-refractivity contribution in [2.24, 2.45) is 0 Å². The maximum absolute atomic E-state index is 12.3. The number of aryl methyl sites for hydroxylation is 1. The molecule has 2 atom stereocenters. The topological polar surface area (TPSA) is 120 Å². The molecule has 1 aliphatic rings. The molecule has 2 unspecified atom stereocenters. The Balaban J connectivity index is 1.64. The Labute approximate surface area is 148 Å². The van der Waals surface area contributed by atoms with Crippen LogP contribution in [0.5, 0.6) is 0 Å². The molecule has 2 aromatic rings. The number of piperidine rings is 1. The third kappa shape index (κ3) is 3.80. The van der Waals surface area contributed by atoms with Crippen LogP contribution in [-0.2, 0) is 4.74 Å². The summed E-state index contributed by atoms with van der Waals surface area (Å²) in [5, 5.41) is 12.6. The number of aromatic carboxylic acids is 1. The van der Waals surface area contributed by atoms with Crippen molar-refractivity contribution in [3.63, 3.8) is 0 Å². The number of nitrogens with one attached hydrogen (secondary N) is 2. The van der Waals surface area contributed by atoms with Gasteiger partial charge in [-0.05, 0) is 13.3 Å². The Kier molecular flexibility index (Phi) is 5.00. The number of anilines is 1. The van der Waals surface area contributed by atoms with Crippen LogP contribution in [-0.4, -0.2) is 64.3 Å². The lowest BCUT2D eigenvalue weighted by Crippen LogP contribution is -2.55. The summed E-state index contributed by atoms with van der Waals surface area (Å²) in [4.78, 5) is 36.6. The highest BCUT2D eigenvalue weighted by Gasteiger charge is 2.32. The van der Waals surface area contributed by atoms with E-state index in [2.05, 4.69) is 20.3 Å². The van der Waals surface area contributed by atoms with E-state index in [4.69, 9.17) is 9.84 Å². The van der Waals surface area contributed by atoms with Gasteiger partial charge in [-0.15, -0.1) is 0 Å². The molecule has 3 heterocycles. The van der Waals surface area contributed by atoms with Gasteiger partial charge in [0, 0.05) is 26.4 Å². The molecule has 2 aromatic heterocycles. The molecule has 0 aliphatic carbocycles. The van der Waals surface area contributed by atoms with E-state index in [0.717, 1.165) is 17.0 Å². The minimum atomic E-state index is -0.983. The van der Waals surface area contributed by atoms with Gasteiger partial charge < -0.3 is 25.0 Å². The average molecular weight is 365 g/mol. The zero-order valence-corrected chi connectivity index (χ0v) is 14.7. The SMILES string of the molecule is COC1CN(c2ncc(C(=O)O)s2)CCC1NC(=O)c1nc(C)c[nH]1. The van der Waals surface area contributed by atoms with E-state index in [1.54, 1.807) is 13.3 Å². The summed E-state index contributed by atoms with van der Waals surface area (Å²) in [6.07, 6.45) is 3.46. The monoisotopic (exact) mass is 365 g/mol. The summed E-state index contributed by atoms with van der Waals surface area (Å²) in [5.41, 5.74) is 0.751. The van der Waals surface area contributed by atoms with Crippen LogP contribution in [0.4, 0.5) is 5.13 Å². The summed E-state index contributed by atoms with van der Waals surface area (Å²) in [6.45, 7) is 2.98. The minimum Gasteiger partial charge on any atom is -0.477 e. The van der Waals surface area contributed by atoms with Crippen LogP contribution in [0, 0.1) is 6.92 Å². The van der Waals surface area contributed by atoms with Crippen molar-refractivity contribution in [3.05, 3.63) is 28.8 Å². The van der Waals surface area contributed by atoms with Crippen LogP contribution in [0.15, 0.2) is 12.4 Å². The normalized spacial score (nSPS) is 20.5. The number of ether oxygens (including phenoxy) is 1. The molecule has 3 rings (SSSR count). The lowest BCUT2D eigenvalue weighted by Gasteiger charge is -2.37. The summed E-state index contributed by atoms with van der Waals surface area (Å²) < 4.78 is 5.53. The van der Waals surface area contributed by atoms with E-state index in [-0.39, 0.29) is 28.8 Å². The highest BCUT2D eigenvalue weighted by atomic mass is 32.1. The number of carbonyl (C=O) groups excluding carboxylic acids is 1. The maximum atomic E-state index is 12.3. The Morgan fingerprint density at radius 2 is 2.32 bits per heavy atom. The van der Waals surface area contributed by atoms with Gasteiger partial charge in [0.25, 0.3) is 5.91 Å². The molecule has 1 fully saturated rings. The number of carboxylic acids is 1. The first-order valence-electron chi connectivity index (χ1n) is 7.77. The van der Waals surface area contributed by atoms with Gasteiger partial charge in [-0.2, -0.15) is 0 Å². The molecule has 0 saturated carbocycles. The highest BCUT2D eigenvalue weighted by molar-refractivity contribution is 7.17. The summed E-state index contributed by atoms with van der Waals surface area (Å²) >= 11 is 1.13. The van der Waals surface area contributed by atoms with Crippen molar-refractivity contribution in [2.45, 2.75) is 25.5 Å². The first-order chi connectivity index (χ1) is 12.0. The van der Waals surface area contributed by atoms with E-state index in [1.807, 2.05) is 11.8 Å². The predicted octanol–water partition coefficient (Wildman–Crippen LogP) is 0.897. The Bertz CT molecular complexity index is 774. The number of nitrogens with zero attached hydrogens (tertiary/aromatic N) is 3. The minimum absolute atomic E-state index is 0.155. The van der Waals surface area contributed by atoms with Gasteiger partial charge in [0.2, 0.25) is 0 Å². The number of rotatable bonds is 5. The number of aromatic nitrogens is 3. The number of thiazole rings is 1. The predicted molar refractivity (Wildman–Crippen MR) is 91.3 cm³/mol. The molecule has 1 amide bonds. The summed E-state index contributed by atoms with van der Waals surface area (Å²) in [5.74, 6) is -0.972. The largest absolute Gasteiger partial charge is 0.477 e. The standard InChI is InChI=1S/C15H19N5O4S/c1-8-5-16-12(18-8)13(21)19-9-3-4-20(7-10(9)24-2)15-17-6-11(25-15)14(22)23/h5-6,9-10H,3-4,7H2,1-2H3,(H,16,18)(H,19,21)(H,22,23). The van der Waals surface area contributed by atoms with Crippen LogP contribution >= 0.6 is 11.3 Å². The lowest BCUT2D eigenvalue weighted by atomic mass is 10.0. The van der Waals surface area contributed by atoms with Crippen molar-refractivity contribution in [3.8, 4) is 0 Å². The fourth-order valence-corrected chi connectivity index (χ4v) is 3.56. The number of methoxy groups -OCH3 is 1. The average Bonchev–Trinajstić information content (AvgIpc) is 3.24. The van der Waals surface area contributed by atoms with Crippen molar-refractivity contribution < 1.29 is 19.4 Å². The molecule has 1 saturated heterocycles. The smallest absolute Gasteiger partial charge is 0.347 e. The summed E-state index contributed by atoms with van der Waals surface area (Å²) in [6, 6.07) is -0.155. The second-order valence-electron chi connectivity index (χ2n) is 5.79. The number of carboxylic acid groups (broad SMARTS) is 1. The van der Waals surface area contributed by atoms with Crippen molar-refractivity contribution in [1.82, 2.24) is 20.3 Å². The molecule has 10 heteroatoms. The Morgan fingerprint density at radius 1 is 1.52 bits per heavy atom. The molecular weight excluding hydrogens is 346 g/mol. The van der Waals surface area contributed by atoms with Gasteiger partial charge >= 0.3 is 5.97 Å². The van der Waals surface area contributed by atoms with Crippen LogP contribution in [0.3, 0.4) is 0 Å². The Hall–Kier alpha value is -2.46. The molecule has 9 nitrogen and oxygen atoms in total. The molecule has 0 spiro atoms. The lowest BCUT2D eigenvalue weighted by molar-refractivity contribution is 0.0538. The molecule has 3 N–H and O–H groups in total. The van der Waals surface area contributed by atoms with Gasteiger partial charge in [-0.1, -0.05) is 11.3 Å². The molecule has 0 aromatic carbocycles. The second-order valence-corrected chi connectivity index (χ2v) is 6.80. The van der Waals surface area contributed by atoms with Gasteiger partial charge in [0.1, 0.15) is 4.88 Å². The second kappa shape index (κ2) is 7.19. The first-order valence-corrected chi connectivity index (χ1v) is 8.59. The third-order valence-corrected chi connectivity index (χ3v) is 5.12. The van der Waals surface area contributed by atoms with E-state index in [9.17, 15) is 9.59 Å². The fraction of sp³-hybridized carbons (Fsp3) is 0.467. The number of amides is 1. The van der Waals surface area contributed by atoms with Gasteiger partial charge in [-0.25, -0.2) is 14.8 Å². The highest BCUT2D eigenvalue weighted by Crippen LogP contribution is 2.26. The Morgan fingerprint density at radius 3 is 2.92 bits per heavy atom. The fourth-order valence-electron chi connectivity index (χ4n) is 2.77. The summed E-state index contributed by atoms with van der Waals surface area (Å²) in [7, 11) is 1.59. The third-order valence-electron chi connectivity index (χ3n) is 4.07. The van der Waals surface area contributed by atoms with E-state index in [1.165, 1.54) is 6.20 Å². The molecule has 0 bridgehead atoms. The van der Waals surface area contributed by atoms with Gasteiger partial charge in [0.15, 0.2) is 11.0 Å². The molecule has 1 aliphatic heterocycles. The van der Waals surface area contributed by atoms with Gasteiger partial charge in [-0.3, -0.25) is 4.79 Å². The molecule has 0 radical (unpaired) electrons. The van der Waals surface area contributed by atoms with Crippen LogP contribution in [0.2, 0.25) is 0 Å². The van der Waals surface area contributed by atoms with Crippen molar-refractivity contribution in [2.75, 3.05) is 25.1 Å². The van der Waals surface area contributed by atoms with E-state index in [0.29, 0.717) is 24.6 Å². The van der Waals surface area contributed by atoms with Crippen LogP contribution in [0.1, 0.15) is 32.4 Å². The molecule has 25 heavy (non-hydrogen) atoms. The van der Waals surface area contributed by atoms with Crippen LogP contribution in [0.25, 0.3) is 0 Å². The maximum Gasteiger partial charge on any atom is 0.347 e. The number of aromatic amines is 1.